The minimum atomic E-state index is -0.313. The highest BCUT2D eigenvalue weighted by molar-refractivity contribution is 9.09. The van der Waals surface area contributed by atoms with E-state index >= 15 is 0 Å². The Hall–Kier alpha value is -1.61. The third-order valence-corrected chi connectivity index (χ3v) is 3.72. The van der Waals surface area contributed by atoms with Gasteiger partial charge in [0.25, 0.3) is 0 Å². The molecule has 0 aliphatic rings. The Morgan fingerprint density at radius 2 is 1.74 bits per heavy atom. The molecule has 3 heteroatoms. The number of ketones is 1. The average molecular weight is 319 g/mol. The van der Waals surface area contributed by atoms with Gasteiger partial charge in [-0.15, -0.1) is 0 Å². The molecule has 0 bridgehead atoms. The van der Waals surface area contributed by atoms with E-state index in [2.05, 4.69) is 15.9 Å². The molecule has 0 aliphatic heterocycles. The number of hydrogen-bond donors (Lipinski definition) is 0. The smallest absolute Gasteiger partial charge is 0.180 e. The van der Waals surface area contributed by atoms with Gasteiger partial charge in [0.05, 0.1) is 6.61 Å². The van der Waals surface area contributed by atoms with Gasteiger partial charge < -0.3 is 4.74 Å². The quantitative estimate of drug-likeness (QED) is 0.603. The van der Waals surface area contributed by atoms with Crippen LogP contribution < -0.4 is 4.74 Å². The molecule has 0 fully saturated rings. The van der Waals surface area contributed by atoms with Crippen molar-refractivity contribution < 1.29 is 9.53 Å². The highest BCUT2D eigenvalue weighted by atomic mass is 79.9. The number of carbonyl (C=O) groups is 1. The molecule has 0 radical (unpaired) electrons. The molecule has 98 valence electrons. The number of ether oxygens (including phenoxy) is 1. The molecule has 2 aromatic rings. The molecule has 0 aliphatic carbocycles. The number of Topliss-reactive ketones (excluding diaryl/α,β-unsaturated/α-hetero) is 1. The van der Waals surface area contributed by atoms with Crippen LogP contribution >= 0.6 is 15.9 Å². The van der Waals surface area contributed by atoms with Crippen LogP contribution in [-0.2, 0) is 0 Å². The lowest BCUT2D eigenvalue weighted by atomic mass is 10.0. The number of benzene rings is 2. The SMILES string of the molecule is CCOc1ccc(C(=O)C(Br)c2ccccc2)cc1. The first-order valence-electron chi connectivity index (χ1n) is 6.18. The van der Waals surface area contributed by atoms with E-state index in [0.29, 0.717) is 12.2 Å². The summed E-state index contributed by atoms with van der Waals surface area (Å²) in [6.07, 6.45) is 0. The monoisotopic (exact) mass is 318 g/mol. The minimum absolute atomic E-state index is 0.0502. The predicted octanol–water partition coefficient (Wildman–Crippen LogP) is 4.40. The van der Waals surface area contributed by atoms with E-state index in [1.807, 2.05) is 49.4 Å². The van der Waals surface area contributed by atoms with Crippen molar-refractivity contribution >= 4 is 21.7 Å². The van der Waals surface area contributed by atoms with Crippen molar-refractivity contribution in [1.82, 2.24) is 0 Å². The molecule has 1 atom stereocenters. The van der Waals surface area contributed by atoms with Crippen molar-refractivity contribution in [3.8, 4) is 5.75 Å². The highest BCUT2D eigenvalue weighted by Gasteiger charge is 2.18. The van der Waals surface area contributed by atoms with Crippen LogP contribution in [0.5, 0.6) is 5.75 Å². The normalized spacial score (nSPS) is 11.9. The lowest BCUT2D eigenvalue weighted by Crippen LogP contribution is -2.07. The van der Waals surface area contributed by atoms with E-state index in [1.54, 1.807) is 12.1 Å². The van der Waals surface area contributed by atoms with Gasteiger partial charge in [-0.25, -0.2) is 0 Å². The number of carbonyl (C=O) groups excluding carboxylic acids is 1. The fourth-order valence-corrected chi connectivity index (χ4v) is 2.37. The van der Waals surface area contributed by atoms with Crippen molar-refractivity contribution in [2.75, 3.05) is 6.61 Å². The van der Waals surface area contributed by atoms with Gasteiger partial charge in [-0.05, 0) is 36.8 Å². The van der Waals surface area contributed by atoms with E-state index in [-0.39, 0.29) is 10.6 Å². The lowest BCUT2D eigenvalue weighted by Gasteiger charge is -2.10. The third-order valence-electron chi connectivity index (χ3n) is 2.77. The minimum Gasteiger partial charge on any atom is -0.494 e. The molecule has 0 saturated heterocycles. The molecular weight excluding hydrogens is 304 g/mol. The summed E-state index contributed by atoms with van der Waals surface area (Å²) in [7, 11) is 0. The molecule has 0 spiro atoms. The Morgan fingerprint density at radius 1 is 1.11 bits per heavy atom. The maximum absolute atomic E-state index is 12.3. The van der Waals surface area contributed by atoms with Crippen LogP contribution in [0.1, 0.15) is 27.7 Å². The van der Waals surface area contributed by atoms with Crippen LogP contribution in [0.25, 0.3) is 0 Å². The first-order chi connectivity index (χ1) is 9.22. The maximum Gasteiger partial charge on any atom is 0.180 e. The van der Waals surface area contributed by atoms with Crippen LogP contribution in [0.15, 0.2) is 54.6 Å². The molecule has 0 aromatic heterocycles. The molecular formula is C16H15BrO2. The average Bonchev–Trinajstić information content (AvgIpc) is 2.48. The highest BCUT2D eigenvalue weighted by Crippen LogP contribution is 2.27. The molecule has 2 nitrogen and oxygen atoms in total. The van der Waals surface area contributed by atoms with Gasteiger partial charge in [0.1, 0.15) is 10.6 Å². The van der Waals surface area contributed by atoms with Gasteiger partial charge in [0, 0.05) is 5.56 Å². The van der Waals surface area contributed by atoms with Gasteiger partial charge in [-0.3, -0.25) is 4.79 Å². The first kappa shape index (κ1) is 13.8. The summed E-state index contributed by atoms with van der Waals surface area (Å²) in [5.74, 6) is 0.833. The molecule has 0 saturated carbocycles. The molecule has 2 rings (SSSR count). The number of rotatable bonds is 5. The van der Waals surface area contributed by atoms with Gasteiger partial charge in [0.2, 0.25) is 0 Å². The maximum atomic E-state index is 12.3. The number of halogens is 1. The zero-order chi connectivity index (χ0) is 13.7. The van der Waals surface area contributed by atoms with E-state index < -0.39 is 0 Å². The number of hydrogen-bond acceptors (Lipinski definition) is 2. The molecule has 2 aromatic carbocycles. The Morgan fingerprint density at radius 3 is 2.32 bits per heavy atom. The molecule has 0 heterocycles. The summed E-state index contributed by atoms with van der Waals surface area (Å²) in [6, 6.07) is 16.9. The Labute approximate surface area is 121 Å². The van der Waals surface area contributed by atoms with Gasteiger partial charge in [-0.1, -0.05) is 46.3 Å². The fraction of sp³-hybridized carbons (Fsp3) is 0.188. The Bertz CT molecular complexity index is 534. The van der Waals surface area contributed by atoms with E-state index in [4.69, 9.17) is 4.74 Å². The second kappa shape index (κ2) is 6.53. The summed E-state index contributed by atoms with van der Waals surface area (Å²) in [5, 5.41) is 0. The van der Waals surface area contributed by atoms with E-state index in [1.165, 1.54) is 0 Å². The largest absolute Gasteiger partial charge is 0.494 e. The topological polar surface area (TPSA) is 26.3 Å². The fourth-order valence-electron chi connectivity index (χ4n) is 1.80. The Kier molecular flexibility index (Phi) is 4.74. The Balaban J connectivity index is 2.15. The van der Waals surface area contributed by atoms with Crippen molar-refractivity contribution in [3.05, 3.63) is 65.7 Å². The second-order valence-electron chi connectivity index (χ2n) is 4.09. The van der Waals surface area contributed by atoms with Crippen molar-refractivity contribution in [2.45, 2.75) is 11.8 Å². The van der Waals surface area contributed by atoms with Crippen molar-refractivity contribution in [1.29, 1.82) is 0 Å². The zero-order valence-corrected chi connectivity index (χ0v) is 12.3. The van der Waals surface area contributed by atoms with Crippen LogP contribution in [-0.4, -0.2) is 12.4 Å². The zero-order valence-electron chi connectivity index (χ0n) is 10.7. The van der Waals surface area contributed by atoms with Crippen molar-refractivity contribution in [3.63, 3.8) is 0 Å². The summed E-state index contributed by atoms with van der Waals surface area (Å²) in [4.78, 5) is 12.0. The van der Waals surface area contributed by atoms with Gasteiger partial charge in [0.15, 0.2) is 5.78 Å². The van der Waals surface area contributed by atoms with E-state index in [9.17, 15) is 4.79 Å². The summed E-state index contributed by atoms with van der Waals surface area (Å²) >= 11 is 3.46. The van der Waals surface area contributed by atoms with E-state index in [0.717, 1.165) is 11.3 Å². The summed E-state index contributed by atoms with van der Waals surface area (Å²) in [5.41, 5.74) is 1.63. The third kappa shape index (κ3) is 3.44. The van der Waals surface area contributed by atoms with Crippen LogP contribution in [0.3, 0.4) is 0 Å². The van der Waals surface area contributed by atoms with Gasteiger partial charge in [-0.2, -0.15) is 0 Å². The molecule has 0 N–H and O–H groups in total. The molecule has 0 amide bonds. The van der Waals surface area contributed by atoms with Crippen molar-refractivity contribution in [2.24, 2.45) is 0 Å². The van der Waals surface area contributed by atoms with Crippen LogP contribution in [0.2, 0.25) is 0 Å². The second-order valence-corrected chi connectivity index (χ2v) is 5.01. The lowest BCUT2D eigenvalue weighted by molar-refractivity contribution is 0.0991. The first-order valence-corrected chi connectivity index (χ1v) is 7.10. The van der Waals surface area contributed by atoms with Crippen LogP contribution in [0, 0.1) is 0 Å². The van der Waals surface area contributed by atoms with Gasteiger partial charge >= 0.3 is 0 Å². The molecule has 1 unspecified atom stereocenters. The standard InChI is InChI=1S/C16H15BrO2/c1-2-19-14-10-8-13(9-11-14)16(18)15(17)12-6-4-3-5-7-12/h3-11,15H,2H2,1H3. The molecule has 19 heavy (non-hydrogen) atoms. The van der Waals surface area contributed by atoms with Crippen LogP contribution in [0.4, 0.5) is 0 Å². The summed E-state index contributed by atoms with van der Waals surface area (Å²) in [6.45, 7) is 2.56. The predicted molar refractivity (Wildman–Crippen MR) is 80.1 cm³/mol. The summed E-state index contributed by atoms with van der Waals surface area (Å²) < 4.78 is 5.36. The number of alkyl halides is 1.